The Kier molecular flexibility index (Phi) is 16.7. The minimum absolute atomic E-state index is 0.615. The van der Waals surface area contributed by atoms with Crippen LogP contribution in [-0.4, -0.2) is 15.0 Å². The van der Waals surface area contributed by atoms with Gasteiger partial charge >= 0.3 is 0 Å². The largest absolute Gasteiger partial charge is 0.436 e. The smallest absolute Gasteiger partial charge is 0.227 e. The van der Waals surface area contributed by atoms with Crippen molar-refractivity contribution in [1.82, 2.24) is 15.0 Å². The van der Waals surface area contributed by atoms with Crippen molar-refractivity contribution in [2.24, 2.45) is 0 Å². The Morgan fingerprint density at radius 1 is 0.210 bits per heavy atom. The molecule has 0 unspecified atom stereocenters. The number of nitrogens with zero attached hydrogens (tertiary/aromatic N) is 4. The zero-order chi connectivity index (χ0) is 70.0. The van der Waals surface area contributed by atoms with Crippen LogP contribution in [0.4, 0.5) is 0 Å². The van der Waals surface area contributed by atoms with Crippen molar-refractivity contribution in [3.63, 3.8) is 0 Å². The van der Waals surface area contributed by atoms with Gasteiger partial charge in [0.25, 0.3) is 0 Å². The number of aromatic nitrogens is 3. The molecule has 0 bridgehead atoms. The predicted molar refractivity (Wildman–Crippen MR) is 436 cm³/mol. The Bertz CT molecular complexity index is 6380. The summed E-state index contributed by atoms with van der Waals surface area (Å²) < 4.78 is 6.12. The molecule has 105 heavy (non-hydrogen) atoms. The summed E-state index contributed by atoms with van der Waals surface area (Å²) in [5, 5.41) is 16.1. The predicted octanol–water partition coefficient (Wildman–Crippen LogP) is 26.8. The van der Waals surface area contributed by atoms with Gasteiger partial charge in [0.2, 0.25) is 5.89 Å². The van der Waals surface area contributed by atoms with Crippen molar-refractivity contribution in [3.05, 3.63) is 394 Å². The first-order valence-corrected chi connectivity index (χ1v) is 35.4. The van der Waals surface area contributed by atoms with Crippen LogP contribution in [0.15, 0.2) is 393 Å². The summed E-state index contributed by atoms with van der Waals surface area (Å²) in [5.41, 5.74) is 30.1. The average molecular weight is 1340 g/mol. The van der Waals surface area contributed by atoms with E-state index in [9.17, 15) is 5.26 Å². The zero-order valence-corrected chi connectivity index (χ0v) is 57.1. The van der Waals surface area contributed by atoms with Gasteiger partial charge < -0.3 is 4.42 Å². The van der Waals surface area contributed by atoms with Gasteiger partial charge in [0.15, 0.2) is 5.58 Å². The van der Waals surface area contributed by atoms with Gasteiger partial charge in [-0.1, -0.05) is 328 Å². The number of hydrogen-bond donors (Lipinski definition) is 0. The Morgan fingerprint density at radius 2 is 0.476 bits per heavy atom. The maximum absolute atomic E-state index is 9.28. The summed E-state index contributed by atoms with van der Waals surface area (Å²) in [6.07, 6.45) is 0. The van der Waals surface area contributed by atoms with Crippen LogP contribution < -0.4 is 0 Å². The molecular formula is C100H64N4O. The van der Waals surface area contributed by atoms with Crippen molar-refractivity contribution in [1.29, 1.82) is 5.26 Å². The van der Waals surface area contributed by atoms with Gasteiger partial charge in [-0.2, -0.15) is 5.26 Å². The Morgan fingerprint density at radius 3 is 0.819 bits per heavy atom. The number of para-hydroxylation sites is 2. The van der Waals surface area contributed by atoms with Crippen LogP contribution in [0.5, 0.6) is 0 Å². The first-order valence-electron chi connectivity index (χ1n) is 35.4. The fourth-order valence-corrected chi connectivity index (χ4v) is 14.6. The number of nitriles is 1. The number of oxazole rings is 1. The number of hydrogen-bond acceptors (Lipinski definition) is 5. The molecule has 0 radical (unpaired) electrons. The molecule has 0 N–H and O–H groups in total. The van der Waals surface area contributed by atoms with Crippen LogP contribution in [0.25, 0.3) is 189 Å². The quantitative estimate of drug-likeness (QED) is 0.114. The Balaban J connectivity index is 0.000000149. The monoisotopic (exact) mass is 1340 g/mol. The summed E-state index contributed by atoms with van der Waals surface area (Å²) in [7, 11) is 0. The molecule has 0 saturated carbocycles. The second kappa shape index (κ2) is 27.7. The summed E-state index contributed by atoms with van der Waals surface area (Å²) >= 11 is 0. The molecule has 0 aliphatic carbocycles. The van der Waals surface area contributed by atoms with Crippen LogP contribution in [-0.2, 0) is 0 Å². The standard InChI is InChI=1S/C50H32N2O.C50H32N2/c1-3-11-33(12-4-1)35-19-23-37(24-20-35)43-31-45-44(38-25-29-40(30-26-38)50-52-46-17-9-10-18-48(46)53-50)32-47(51-49(45)42-16-8-7-15-41(42)43)39-27-21-36(22-28-39)34-13-5-2-6-14-34;51-33-34-15-17-37(18-16-34)40-21-27-42(28-22-40)47-32-49(43-29-23-39(24-30-43)36-11-5-2-6-12-36)52-50-45-14-8-7-13-44(45)46(31-48(47)50)41-25-19-38(20-26-41)35-9-3-1-4-10-35/h1-32H;1-32H. The Labute approximate surface area is 609 Å². The molecule has 0 aliphatic heterocycles. The molecule has 3 aromatic heterocycles. The van der Waals surface area contributed by atoms with E-state index >= 15 is 0 Å². The average Bonchev–Trinajstić information content (AvgIpc) is 1.64. The summed E-state index contributed by atoms with van der Waals surface area (Å²) in [4.78, 5) is 15.6. The molecule has 490 valence electrons. The van der Waals surface area contributed by atoms with E-state index in [0.717, 1.165) is 105 Å². The second-order valence-corrected chi connectivity index (χ2v) is 26.4. The summed E-state index contributed by atoms with van der Waals surface area (Å²) in [6.45, 7) is 0. The topological polar surface area (TPSA) is 75.6 Å². The first kappa shape index (κ1) is 63.0. The molecule has 3 heterocycles. The van der Waals surface area contributed by atoms with Crippen molar-refractivity contribution < 1.29 is 4.42 Å². The molecular weight excluding hydrogens is 1270 g/mol. The highest BCUT2D eigenvalue weighted by molar-refractivity contribution is 6.18. The van der Waals surface area contributed by atoms with Crippen LogP contribution in [0.1, 0.15) is 5.56 Å². The number of rotatable bonds is 12. The van der Waals surface area contributed by atoms with Gasteiger partial charge in [0.05, 0.1) is 34.1 Å². The van der Waals surface area contributed by atoms with Crippen molar-refractivity contribution in [3.8, 4) is 140 Å². The molecule has 0 atom stereocenters. The normalized spacial score (nSPS) is 11.2. The molecule has 0 spiro atoms. The summed E-state index contributed by atoms with van der Waals surface area (Å²) in [6, 6.07) is 139. The van der Waals surface area contributed by atoms with Gasteiger partial charge in [0.1, 0.15) is 5.52 Å². The Hall–Kier alpha value is -14.2. The third kappa shape index (κ3) is 12.6. The van der Waals surface area contributed by atoms with Gasteiger partial charge in [-0.3, -0.25) is 0 Å². The molecule has 0 amide bonds. The minimum Gasteiger partial charge on any atom is -0.436 e. The molecule has 16 aromatic carbocycles. The lowest BCUT2D eigenvalue weighted by atomic mass is 9.90. The highest BCUT2D eigenvalue weighted by atomic mass is 16.3. The van der Waals surface area contributed by atoms with Crippen LogP contribution >= 0.6 is 0 Å². The van der Waals surface area contributed by atoms with Crippen molar-refractivity contribution in [2.45, 2.75) is 0 Å². The van der Waals surface area contributed by atoms with E-state index in [1.165, 1.54) is 77.5 Å². The fraction of sp³-hybridized carbons (Fsp3) is 0. The van der Waals surface area contributed by atoms with E-state index in [1.807, 2.05) is 60.7 Å². The summed E-state index contributed by atoms with van der Waals surface area (Å²) in [5.74, 6) is 0.615. The van der Waals surface area contributed by atoms with E-state index in [0.29, 0.717) is 11.5 Å². The molecule has 19 aromatic rings. The maximum atomic E-state index is 9.28. The third-order valence-corrected chi connectivity index (χ3v) is 20.1. The van der Waals surface area contributed by atoms with E-state index in [1.54, 1.807) is 0 Å². The highest BCUT2D eigenvalue weighted by Gasteiger charge is 2.20. The molecule has 0 aliphatic rings. The SMILES string of the molecule is N#Cc1ccc(-c2ccc(-c3cc(-c4ccc(-c5ccccc5)cc4)nc4c3cc(-c3ccc(-c5ccccc5)cc3)c3ccccc34)cc2)cc1.c1ccc(-c2ccc(-c3cc(-c4ccc(-c5nc6ccccc6o5)cc4)c4cc(-c5ccc(-c6ccccc6)cc5)c5ccccc5c4n3)cc2)cc1. The number of benzene rings is 16. The van der Waals surface area contributed by atoms with Gasteiger partial charge in [-0.05, 0) is 172 Å². The van der Waals surface area contributed by atoms with E-state index in [4.69, 9.17) is 19.4 Å². The zero-order valence-electron chi connectivity index (χ0n) is 57.1. The number of fused-ring (bicyclic) bond motifs is 7. The fourth-order valence-electron chi connectivity index (χ4n) is 14.6. The van der Waals surface area contributed by atoms with Crippen molar-refractivity contribution in [2.75, 3.05) is 0 Å². The lowest BCUT2D eigenvalue weighted by Crippen LogP contribution is -1.93. The van der Waals surface area contributed by atoms with Crippen LogP contribution in [0.3, 0.4) is 0 Å². The first-order chi connectivity index (χ1) is 52.0. The van der Waals surface area contributed by atoms with Crippen molar-refractivity contribution >= 4 is 54.5 Å². The number of pyridine rings is 2. The van der Waals surface area contributed by atoms with Crippen LogP contribution in [0.2, 0.25) is 0 Å². The maximum Gasteiger partial charge on any atom is 0.227 e. The molecule has 0 fully saturated rings. The molecule has 5 nitrogen and oxygen atoms in total. The lowest BCUT2D eigenvalue weighted by molar-refractivity contribution is 0.620. The third-order valence-electron chi connectivity index (χ3n) is 20.1. The molecule has 0 saturated heterocycles. The highest BCUT2D eigenvalue weighted by Crippen LogP contribution is 2.44. The van der Waals surface area contributed by atoms with Crippen LogP contribution in [0, 0.1) is 11.3 Å². The van der Waals surface area contributed by atoms with E-state index < -0.39 is 0 Å². The van der Waals surface area contributed by atoms with E-state index in [-0.39, 0.29) is 0 Å². The molecule has 19 rings (SSSR count). The second-order valence-electron chi connectivity index (χ2n) is 26.4. The van der Waals surface area contributed by atoms with Gasteiger partial charge in [-0.25, -0.2) is 15.0 Å². The van der Waals surface area contributed by atoms with E-state index in [2.05, 4.69) is 334 Å². The minimum atomic E-state index is 0.615. The van der Waals surface area contributed by atoms with Gasteiger partial charge in [-0.15, -0.1) is 0 Å². The van der Waals surface area contributed by atoms with Gasteiger partial charge in [0, 0.05) is 38.2 Å². The molecule has 5 heteroatoms. The lowest BCUT2D eigenvalue weighted by Gasteiger charge is -2.16.